The first-order valence-corrected chi connectivity index (χ1v) is 15.8. The van der Waals surface area contributed by atoms with Crippen molar-refractivity contribution in [2.75, 3.05) is 52.5 Å². The number of aliphatic hydroxyl groups excluding tert-OH is 1. The summed E-state index contributed by atoms with van der Waals surface area (Å²) in [7, 11) is 0. The van der Waals surface area contributed by atoms with Crippen LogP contribution >= 0.6 is 11.8 Å². The third kappa shape index (κ3) is 5.78. The highest BCUT2D eigenvalue weighted by Gasteiger charge is 2.75. The zero-order valence-corrected chi connectivity index (χ0v) is 24.4. The van der Waals surface area contributed by atoms with Crippen LogP contribution in [0.15, 0.2) is 30.3 Å². The molecule has 3 unspecified atom stereocenters. The summed E-state index contributed by atoms with van der Waals surface area (Å²) >= 11 is 1.72. The molecular formula is C30H44N4O5S. The zero-order valence-electron chi connectivity index (χ0n) is 23.6. The van der Waals surface area contributed by atoms with Gasteiger partial charge in [-0.15, -0.1) is 11.8 Å². The van der Waals surface area contributed by atoms with Gasteiger partial charge in [0.15, 0.2) is 0 Å². The summed E-state index contributed by atoms with van der Waals surface area (Å²) in [6.07, 6.45) is 4.13. The van der Waals surface area contributed by atoms with Crippen molar-refractivity contribution >= 4 is 29.5 Å². The van der Waals surface area contributed by atoms with E-state index < -0.39 is 22.6 Å². The molecule has 1 aromatic rings. The number of benzene rings is 1. The lowest BCUT2D eigenvalue weighted by molar-refractivity contribution is -0.140. The lowest BCUT2D eigenvalue weighted by Gasteiger charge is -2.38. The first-order valence-electron chi connectivity index (χ1n) is 15.0. The number of rotatable bonds is 13. The summed E-state index contributed by atoms with van der Waals surface area (Å²) in [6.45, 7) is 7.67. The summed E-state index contributed by atoms with van der Waals surface area (Å²) in [5.74, 6) is -0.981. The van der Waals surface area contributed by atoms with E-state index >= 15 is 0 Å². The Morgan fingerprint density at radius 1 is 1.05 bits per heavy atom. The molecule has 4 aliphatic rings. The van der Waals surface area contributed by atoms with Crippen molar-refractivity contribution < 1.29 is 24.2 Å². The van der Waals surface area contributed by atoms with Gasteiger partial charge in [-0.1, -0.05) is 50.1 Å². The molecule has 1 spiro atoms. The second-order valence-corrected chi connectivity index (χ2v) is 13.2. The van der Waals surface area contributed by atoms with Gasteiger partial charge in [0.1, 0.15) is 6.04 Å². The normalized spacial score (nSPS) is 31.4. The van der Waals surface area contributed by atoms with Crippen LogP contribution in [-0.4, -0.2) is 101 Å². The molecule has 3 amide bonds. The van der Waals surface area contributed by atoms with Crippen LogP contribution in [0.5, 0.6) is 0 Å². The molecule has 5 rings (SSSR count). The first-order chi connectivity index (χ1) is 19.5. The Morgan fingerprint density at radius 3 is 2.55 bits per heavy atom. The summed E-state index contributed by atoms with van der Waals surface area (Å²) in [5.41, 5.74) is 1.02. The number of likely N-dealkylation sites (tertiary alicyclic amines) is 1. The standard InChI is InChI=1S/C30H44N4O5S/c1-21-19-23-24(27(36)32-20-22-9-5-4-6-10-22)25-29(38)34(12-7-2-3-8-16-35)26(30(21,25)40-23)28(37)31-11-13-33-14-17-39-18-15-33/h4-6,9-10,21,23-26,35H,2-3,7-8,11-20H2,1H3,(H,31,37)(H,32,36)/t21?,23-,24+,25-,26?,30?/m0/s1. The van der Waals surface area contributed by atoms with Crippen molar-refractivity contribution in [3.63, 3.8) is 0 Å². The molecule has 4 heterocycles. The van der Waals surface area contributed by atoms with Crippen LogP contribution in [0, 0.1) is 17.8 Å². The average Bonchev–Trinajstić information content (AvgIpc) is 3.56. The molecule has 40 heavy (non-hydrogen) atoms. The highest BCUT2D eigenvalue weighted by atomic mass is 32.2. The minimum absolute atomic E-state index is 0.0371. The molecule has 220 valence electrons. The molecule has 6 atom stereocenters. The largest absolute Gasteiger partial charge is 0.396 e. The van der Waals surface area contributed by atoms with Crippen LogP contribution in [0.2, 0.25) is 0 Å². The van der Waals surface area contributed by atoms with Crippen LogP contribution in [0.25, 0.3) is 0 Å². The third-order valence-electron chi connectivity index (χ3n) is 9.24. The van der Waals surface area contributed by atoms with Crippen LogP contribution in [0.1, 0.15) is 44.6 Å². The highest BCUT2D eigenvalue weighted by Crippen LogP contribution is 2.68. The van der Waals surface area contributed by atoms with Gasteiger partial charge < -0.3 is 25.4 Å². The number of nitrogens with zero attached hydrogens (tertiary/aromatic N) is 2. The van der Waals surface area contributed by atoms with E-state index in [1.54, 1.807) is 16.7 Å². The molecule has 2 bridgehead atoms. The monoisotopic (exact) mass is 572 g/mol. The van der Waals surface area contributed by atoms with Crippen molar-refractivity contribution in [1.29, 1.82) is 0 Å². The molecule has 4 saturated heterocycles. The fourth-order valence-electron chi connectivity index (χ4n) is 7.27. The lowest BCUT2D eigenvalue weighted by Crippen LogP contribution is -2.57. The maximum absolute atomic E-state index is 14.2. The van der Waals surface area contributed by atoms with Gasteiger partial charge in [-0.25, -0.2) is 0 Å². The quantitative estimate of drug-likeness (QED) is 0.308. The topological polar surface area (TPSA) is 111 Å². The number of ether oxygens (including phenoxy) is 1. The van der Waals surface area contributed by atoms with E-state index in [4.69, 9.17) is 9.84 Å². The molecule has 4 aliphatic heterocycles. The first kappa shape index (κ1) is 29.4. The van der Waals surface area contributed by atoms with Gasteiger partial charge >= 0.3 is 0 Å². The van der Waals surface area contributed by atoms with E-state index in [-0.39, 0.29) is 35.5 Å². The summed E-state index contributed by atoms with van der Waals surface area (Å²) in [5, 5.41) is 15.5. The molecule has 0 aromatic heterocycles. The fourth-order valence-corrected chi connectivity index (χ4v) is 9.69. The van der Waals surface area contributed by atoms with Crippen LogP contribution in [0.4, 0.5) is 0 Å². The van der Waals surface area contributed by atoms with Crippen molar-refractivity contribution in [2.45, 2.75) is 61.6 Å². The predicted molar refractivity (Wildman–Crippen MR) is 154 cm³/mol. The maximum Gasteiger partial charge on any atom is 0.244 e. The molecular weight excluding hydrogens is 528 g/mol. The Labute approximate surface area is 241 Å². The number of thioether (sulfide) groups is 1. The van der Waals surface area contributed by atoms with Gasteiger partial charge in [-0.2, -0.15) is 0 Å². The van der Waals surface area contributed by atoms with Crippen molar-refractivity contribution in [1.82, 2.24) is 20.4 Å². The van der Waals surface area contributed by atoms with E-state index in [9.17, 15) is 14.4 Å². The number of unbranched alkanes of at least 4 members (excludes halogenated alkanes) is 3. The van der Waals surface area contributed by atoms with Gasteiger partial charge in [0.2, 0.25) is 17.7 Å². The van der Waals surface area contributed by atoms with Gasteiger partial charge in [-0.05, 0) is 30.7 Å². The molecule has 0 aliphatic carbocycles. The molecule has 1 aromatic carbocycles. The maximum atomic E-state index is 14.2. The number of aliphatic hydroxyl groups is 1. The summed E-state index contributed by atoms with van der Waals surface area (Å²) in [4.78, 5) is 45.8. The second kappa shape index (κ2) is 13.2. The van der Waals surface area contributed by atoms with Crippen LogP contribution in [-0.2, 0) is 25.7 Å². The van der Waals surface area contributed by atoms with Gasteiger partial charge in [0, 0.05) is 51.1 Å². The minimum Gasteiger partial charge on any atom is -0.396 e. The number of amides is 3. The number of fused-ring (bicyclic) bond motifs is 1. The summed E-state index contributed by atoms with van der Waals surface area (Å²) < 4.78 is 4.84. The molecule has 0 saturated carbocycles. The Morgan fingerprint density at radius 2 is 1.80 bits per heavy atom. The van der Waals surface area contributed by atoms with E-state index in [0.717, 1.165) is 57.3 Å². The SMILES string of the molecule is CC1C[C@@H]2SC13C(C(=O)NCCN1CCOCC1)N(CCCCCCO)C(=O)[C@@H]3[C@@H]2C(=O)NCc1ccccc1. The molecule has 3 N–H and O–H groups in total. The Hall–Kier alpha value is -2.14. The highest BCUT2D eigenvalue weighted by molar-refractivity contribution is 8.02. The number of carbonyl (C=O) groups is 3. The van der Waals surface area contributed by atoms with E-state index in [2.05, 4.69) is 22.5 Å². The number of nitrogens with one attached hydrogen (secondary N) is 2. The average molecular weight is 573 g/mol. The molecule has 0 radical (unpaired) electrons. The predicted octanol–water partition coefficient (Wildman–Crippen LogP) is 1.64. The van der Waals surface area contributed by atoms with Gasteiger partial charge in [-0.3, -0.25) is 19.3 Å². The van der Waals surface area contributed by atoms with Crippen LogP contribution in [0.3, 0.4) is 0 Å². The second-order valence-electron chi connectivity index (χ2n) is 11.7. The van der Waals surface area contributed by atoms with Gasteiger partial charge in [0.05, 0.1) is 29.8 Å². The van der Waals surface area contributed by atoms with Crippen LogP contribution < -0.4 is 10.6 Å². The Balaban J connectivity index is 1.33. The van der Waals surface area contributed by atoms with Gasteiger partial charge in [0.25, 0.3) is 0 Å². The van der Waals surface area contributed by atoms with Crippen molar-refractivity contribution in [3.8, 4) is 0 Å². The summed E-state index contributed by atoms with van der Waals surface area (Å²) in [6, 6.07) is 9.24. The minimum atomic E-state index is -0.593. The van der Waals surface area contributed by atoms with E-state index in [1.807, 2.05) is 30.3 Å². The van der Waals surface area contributed by atoms with Crippen molar-refractivity contribution in [3.05, 3.63) is 35.9 Å². The number of morpholine rings is 1. The lowest BCUT2D eigenvalue weighted by atomic mass is 9.66. The smallest absolute Gasteiger partial charge is 0.244 e. The number of hydrogen-bond acceptors (Lipinski definition) is 7. The molecule has 10 heteroatoms. The Bertz CT molecular complexity index is 1040. The van der Waals surface area contributed by atoms with E-state index in [0.29, 0.717) is 32.8 Å². The molecule has 9 nitrogen and oxygen atoms in total. The number of carbonyl (C=O) groups excluding carboxylic acids is 3. The third-order valence-corrected chi connectivity index (χ3v) is 11.3. The molecule has 4 fully saturated rings. The zero-order chi connectivity index (χ0) is 28.1. The fraction of sp³-hybridized carbons (Fsp3) is 0.700. The number of hydrogen-bond donors (Lipinski definition) is 3. The van der Waals surface area contributed by atoms with E-state index in [1.165, 1.54) is 0 Å². The van der Waals surface area contributed by atoms with Crippen molar-refractivity contribution in [2.24, 2.45) is 17.8 Å². The Kier molecular flexibility index (Phi) is 9.71.